The quantitative estimate of drug-likeness (QED) is 0.413. The standard InChI is InChI=1S/C20H16ClN7O/c21-15-8-3-7-14-18(15)23-20(22)24-19(14)16-11-27(26-25-16)10-13-6-2-9-17(28(13)29)12-4-1-5-12/h2-4,6-9,11H,1,5,10H2,(H2,22,23,24). The van der Waals surface area contributed by atoms with Crippen molar-refractivity contribution in [2.45, 2.75) is 19.4 Å². The van der Waals surface area contributed by atoms with Crippen LogP contribution in [0.25, 0.3) is 27.9 Å². The van der Waals surface area contributed by atoms with E-state index in [0.29, 0.717) is 33.3 Å². The van der Waals surface area contributed by atoms with E-state index in [1.54, 1.807) is 23.0 Å². The van der Waals surface area contributed by atoms with Gasteiger partial charge in [0.05, 0.1) is 16.7 Å². The smallest absolute Gasteiger partial charge is 0.221 e. The Morgan fingerprint density at radius 1 is 1.17 bits per heavy atom. The molecule has 0 saturated heterocycles. The van der Waals surface area contributed by atoms with Crippen molar-refractivity contribution >= 4 is 34.0 Å². The highest BCUT2D eigenvalue weighted by Crippen LogP contribution is 2.29. The number of aromatic nitrogens is 6. The molecule has 0 bridgehead atoms. The van der Waals surface area contributed by atoms with E-state index < -0.39 is 0 Å². The van der Waals surface area contributed by atoms with E-state index in [0.717, 1.165) is 28.5 Å². The van der Waals surface area contributed by atoms with E-state index in [9.17, 15) is 5.21 Å². The number of halogens is 1. The van der Waals surface area contributed by atoms with Gasteiger partial charge in [-0.15, -0.1) is 5.10 Å². The number of hydrogen-bond acceptors (Lipinski definition) is 6. The van der Waals surface area contributed by atoms with Crippen LogP contribution in [0.3, 0.4) is 0 Å². The minimum Gasteiger partial charge on any atom is -0.618 e. The number of benzene rings is 1. The van der Waals surface area contributed by atoms with Crippen LogP contribution in [0.1, 0.15) is 24.2 Å². The first kappa shape index (κ1) is 17.6. The lowest BCUT2D eigenvalue weighted by Gasteiger charge is -2.15. The molecule has 5 rings (SSSR count). The van der Waals surface area contributed by atoms with Crippen molar-refractivity contribution in [1.29, 1.82) is 0 Å². The molecular formula is C20H16ClN7O. The van der Waals surface area contributed by atoms with Crippen LogP contribution in [-0.2, 0) is 6.54 Å². The first-order chi connectivity index (χ1) is 14.1. The van der Waals surface area contributed by atoms with Crippen LogP contribution in [0.4, 0.5) is 5.95 Å². The minimum absolute atomic E-state index is 0.106. The number of allylic oxidation sites excluding steroid dienone is 2. The Kier molecular flexibility index (Phi) is 4.13. The Morgan fingerprint density at radius 3 is 2.79 bits per heavy atom. The molecule has 1 aliphatic carbocycles. The number of para-hydroxylation sites is 1. The molecule has 0 fully saturated rings. The molecule has 0 aliphatic heterocycles. The molecule has 0 atom stereocenters. The number of fused-ring (bicyclic) bond motifs is 1. The van der Waals surface area contributed by atoms with Crippen molar-refractivity contribution in [1.82, 2.24) is 25.0 Å². The summed E-state index contributed by atoms with van der Waals surface area (Å²) in [6, 6.07) is 10.9. The maximum absolute atomic E-state index is 12.7. The molecule has 0 unspecified atom stereocenters. The Labute approximate surface area is 170 Å². The molecular weight excluding hydrogens is 390 g/mol. The lowest BCUT2D eigenvalue weighted by atomic mass is 9.95. The maximum Gasteiger partial charge on any atom is 0.221 e. The molecule has 3 aromatic heterocycles. The monoisotopic (exact) mass is 405 g/mol. The average Bonchev–Trinajstić information content (AvgIpc) is 3.12. The van der Waals surface area contributed by atoms with Crippen LogP contribution in [0.5, 0.6) is 0 Å². The molecule has 1 aromatic carbocycles. The normalized spacial score (nSPS) is 13.3. The van der Waals surface area contributed by atoms with Gasteiger partial charge in [-0.1, -0.05) is 35.0 Å². The van der Waals surface area contributed by atoms with E-state index in [2.05, 4.69) is 26.4 Å². The first-order valence-electron chi connectivity index (χ1n) is 9.13. The van der Waals surface area contributed by atoms with Crippen molar-refractivity contribution in [3.8, 4) is 11.4 Å². The molecule has 0 saturated carbocycles. The Morgan fingerprint density at radius 2 is 2.00 bits per heavy atom. The fourth-order valence-electron chi connectivity index (χ4n) is 3.40. The molecule has 0 amide bonds. The van der Waals surface area contributed by atoms with E-state index in [-0.39, 0.29) is 12.5 Å². The maximum atomic E-state index is 12.7. The van der Waals surface area contributed by atoms with E-state index in [1.807, 2.05) is 24.3 Å². The molecule has 3 heterocycles. The molecule has 0 radical (unpaired) electrons. The third-order valence-electron chi connectivity index (χ3n) is 4.96. The van der Waals surface area contributed by atoms with Gasteiger partial charge in [0, 0.05) is 23.1 Å². The molecule has 4 aromatic rings. The van der Waals surface area contributed by atoms with E-state index in [1.165, 1.54) is 0 Å². The zero-order valence-corrected chi connectivity index (χ0v) is 16.0. The van der Waals surface area contributed by atoms with Gasteiger partial charge >= 0.3 is 0 Å². The van der Waals surface area contributed by atoms with Crippen LogP contribution < -0.4 is 10.5 Å². The van der Waals surface area contributed by atoms with Gasteiger partial charge in [-0.05, 0) is 25.0 Å². The topological polar surface area (TPSA) is 109 Å². The van der Waals surface area contributed by atoms with Crippen molar-refractivity contribution in [3.05, 3.63) is 70.3 Å². The molecule has 144 valence electrons. The Hall–Kier alpha value is -3.52. The van der Waals surface area contributed by atoms with Crippen LogP contribution >= 0.6 is 11.6 Å². The SMILES string of the molecule is Nc1nc(-c2cn(Cc3cccc(C4=CCC4)[n+]3[O-])nn2)c2cccc(Cl)c2n1. The molecule has 8 nitrogen and oxygen atoms in total. The summed E-state index contributed by atoms with van der Waals surface area (Å²) >= 11 is 6.25. The minimum atomic E-state index is 0.106. The van der Waals surface area contributed by atoms with Crippen molar-refractivity contribution < 1.29 is 4.73 Å². The molecule has 9 heteroatoms. The number of nitrogens with zero attached hydrogens (tertiary/aromatic N) is 6. The second kappa shape index (κ2) is 6.82. The number of nitrogen functional groups attached to an aromatic ring is 1. The van der Waals surface area contributed by atoms with Crippen molar-refractivity contribution in [3.63, 3.8) is 0 Å². The summed E-state index contributed by atoms with van der Waals surface area (Å²) < 4.78 is 2.57. The van der Waals surface area contributed by atoms with Gasteiger partial charge in [0.2, 0.25) is 17.3 Å². The van der Waals surface area contributed by atoms with Gasteiger partial charge in [0.15, 0.2) is 0 Å². The van der Waals surface area contributed by atoms with Gasteiger partial charge in [0.25, 0.3) is 0 Å². The number of nitrogens with two attached hydrogens (primary N) is 1. The summed E-state index contributed by atoms with van der Waals surface area (Å²) in [6.07, 6.45) is 5.77. The van der Waals surface area contributed by atoms with Crippen molar-refractivity contribution in [2.24, 2.45) is 0 Å². The molecule has 1 aliphatic rings. The van der Waals surface area contributed by atoms with Crippen LogP contribution in [-0.4, -0.2) is 25.0 Å². The first-order valence-corrected chi connectivity index (χ1v) is 9.51. The zero-order chi connectivity index (χ0) is 20.0. The summed E-state index contributed by atoms with van der Waals surface area (Å²) in [5, 5.41) is 22.3. The Balaban J connectivity index is 1.51. The van der Waals surface area contributed by atoms with Gasteiger partial charge in [-0.25, -0.2) is 14.6 Å². The fraction of sp³-hybridized carbons (Fsp3) is 0.150. The number of hydrogen-bond donors (Lipinski definition) is 1. The van der Waals surface area contributed by atoms with Crippen LogP contribution in [0.15, 0.2) is 48.7 Å². The lowest BCUT2D eigenvalue weighted by Crippen LogP contribution is -2.37. The summed E-state index contributed by atoms with van der Waals surface area (Å²) in [5.41, 5.74) is 9.86. The zero-order valence-electron chi connectivity index (χ0n) is 15.3. The van der Waals surface area contributed by atoms with Gasteiger partial charge < -0.3 is 10.9 Å². The Bertz CT molecular complexity index is 1280. The average molecular weight is 406 g/mol. The summed E-state index contributed by atoms with van der Waals surface area (Å²) in [4.78, 5) is 8.54. The summed E-state index contributed by atoms with van der Waals surface area (Å²) in [7, 11) is 0. The predicted octanol–water partition coefficient (Wildman–Crippen LogP) is 2.98. The largest absolute Gasteiger partial charge is 0.618 e. The molecule has 29 heavy (non-hydrogen) atoms. The highest BCUT2D eigenvalue weighted by atomic mass is 35.5. The third kappa shape index (κ3) is 3.07. The third-order valence-corrected chi connectivity index (χ3v) is 5.26. The van der Waals surface area contributed by atoms with Crippen LogP contribution in [0, 0.1) is 5.21 Å². The molecule has 2 N–H and O–H groups in total. The van der Waals surface area contributed by atoms with Crippen LogP contribution in [0.2, 0.25) is 5.02 Å². The van der Waals surface area contributed by atoms with E-state index >= 15 is 0 Å². The summed E-state index contributed by atoms with van der Waals surface area (Å²) in [6.45, 7) is 0.289. The number of anilines is 1. The van der Waals surface area contributed by atoms with Gasteiger partial charge in [0.1, 0.15) is 17.9 Å². The molecule has 0 spiro atoms. The summed E-state index contributed by atoms with van der Waals surface area (Å²) in [5.74, 6) is 0.106. The lowest BCUT2D eigenvalue weighted by molar-refractivity contribution is -0.617. The predicted molar refractivity (Wildman–Crippen MR) is 110 cm³/mol. The highest BCUT2D eigenvalue weighted by Gasteiger charge is 2.20. The second-order valence-electron chi connectivity index (χ2n) is 6.83. The van der Waals surface area contributed by atoms with Crippen molar-refractivity contribution in [2.75, 3.05) is 5.73 Å². The number of rotatable bonds is 4. The highest BCUT2D eigenvalue weighted by molar-refractivity contribution is 6.35. The van der Waals surface area contributed by atoms with Gasteiger partial charge in [-0.3, -0.25) is 0 Å². The fourth-order valence-corrected chi connectivity index (χ4v) is 3.61. The number of pyridine rings is 1. The van der Waals surface area contributed by atoms with Gasteiger partial charge in [-0.2, -0.15) is 4.73 Å². The second-order valence-corrected chi connectivity index (χ2v) is 7.24. The van der Waals surface area contributed by atoms with E-state index in [4.69, 9.17) is 17.3 Å².